The fraction of sp³-hybridized carbons (Fsp3) is 0. The van der Waals surface area contributed by atoms with E-state index >= 15 is 0 Å². The molecular weight excluding hydrogens is 248 g/mol. The molecule has 0 aliphatic rings. The Balaban J connectivity index is 3.04. The van der Waals surface area contributed by atoms with Crippen LogP contribution >= 0.6 is 39.1 Å². The Hall–Kier alpha value is -0.370. The van der Waals surface area contributed by atoms with Crippen LogP contribution in [0.25, 0.3) is 5.03 Å². The van der Waals surface area contributed by atoms with Gasteiger partial charge in [0.25, 0.3) is 0 Å². The predicted molar refractivity (Wildman–Crippen MR) is 49.3 cm³/mol. The van der Waals surface area contributed by atoms with Crippen molar-refractivity contribution in [2.24, 2.45) is 0 Å². The molecule has 0 unspecified atom stereocenters. The van der Waals surface area contributed by atoms with Crippen LogP contribution in [0.1, 0.15) is 5.69 Å². The highest BCUT2D eigenvalue weighted by molar-refractivity contribution is 9.10. The maximum Gasteiger partial charge on any atom is 0.110 e. The molecule has 0 spiro atoms. The molecule has 0 saturated carbocycles. The second-order valence-electron chi connectivity index (χ2n) is 1.63. The van der Waals surface area contributed by atoms with Crippen LogP contribution in [0, 0.1) is 11.3 Å². The summed E-state index contributed by atoms with van der Waals surface area (Å²) in [5.41, 5.74) is 0.623. The molecule has 0 bridgehead atoms. The lowest BCUT2D eigenvalue weighted by Gasteiger charge is -1.89. The minimum Gasteiger partial charge on any atom is -0.193 e. The van der Waals surface area contributed by atoms with Crippen LogP contribution < -0.4 is 0 Å². The molecule has 0 aromatic carbocycles. The van der Waals surface area contributed by atoms with Crippen molar-refractivity contribution in [2.75, 3.05) is 0 Å². The van der Waals surface area contributed by atoms with Crippen molar-refractivity contribution in [1.29, 1.82) is 5.26 Å². The highest BCUT2D eigenvalue weighted by Crippen LogP contribution is 2.26. The van der Waals surface area contributed by atoms with Crippen molar-refractivity contribution < 1.29 is 0 Å². The molecule has 1 aromatic rings. The van der Waals surface area contributed by atoms with E-state index in [1.54, 1.807) is 0 Å². The SMILES string of the molecule is N#C/C=C(/Cl)c1nscc1Br. The maximum atomic E-state index is 8.28. The predicted octanol–water partition coefficient (Wildman–Crippen LogP) is 3.01. The summed E-state index contributed by atoms with van der Waals surface area (Å²) in [5, 5.41) is 10.4. The monoisotopic (exact) mass is 248 g/mol. The molecule has 0 aliphatic heterocycles. The molecule has 0 aliphatic carbocycles. The summed E-state index contributed by atoms with van der Waals surface area (Å²) in [6.45, 7) is 0. The van der Waals surface area contributed by atoms with Crippen molar-refractivity contribution in [1.82, 2.24) is 4.37 Å². The van der Waals surface area contributed by atoms with E-state index in [4.69, 9.17) is 16.9 Å². The fourth-order valence-electron chi connectivity index (χ4n) is 0.507. The summed E-state index contributed by atoms with van der Waals surface area (Å²) in [5.74, 6) is 0. The average Bonchev–Trinajstić information content (AvgIpc) is 2.36. The topological polar surface area (TPSA) is 36.7 Å². The van der Waals surface area contributed by atoms with E-state index in [9.17, 15) is 0 Å². The smallest absolute Gasteiger partial charge is 0.110 e. The molecule has 0 radical (unpaired) electrons. The van der Waals surface area contributed by atoms with E-state index in [0.29, 0.717) is 10.7 Å². The summed E-state index contributed by atoms with van der Waals surface area (Å²) in [6.07, 6.45) is 1.25. The minimum absolute atomic E-state index is 0.362. The molecule has 11 heavy (non-hydrogen) atoms. The molecule has 0 amide bonds. The van der Waals surface area contributed by atoms with Gasteiger partial charge in [0, 0.05) is 11.5 Å². The zero-order chi connectivity index (χ0) is 8.27. The Kier molecular flexibility index (Phi) is 3.06. The molecule has 5 heteroatoms. The highest BCUT2D eigenvalue weighted by Gasteiger charge is 2.05. The van der Waals surface area contributed by atoms with Crippen molar-refractivity contribution in [2.45, 2.75) is 0 Å². The second-order valence-corrected chi connectivity index (χ2v) is 3.52. The summed E-state index contributed by atoms with van der Waals surface area (Å²) >= 11 is 10.2. The van der Waals surface area contributed by atoms with Gasteiger partial charge < -0.3 is 0 Å². The van der Waals surface area contributed by atoms with E-state index in [-0.39, 0.29) is 0 Å². The van der Waals surface area contributed by atoms with Crippen molar-refractivity contribution in [3.63, 3.8) is 0 Å². The Labute approximate surface area is 81.4 Å². The van der Waals surface area contributed by atoms with E-state index < -0.39 is 0 Å². The zero-order valence-corrected chi connectivity index (χ0v) is 8.37. The maximum absolute atomic E-state index is 8.28. The third-order valence-electron chi connectivity index (χ3n) is 0.944. The lowest BCUT2D eigenvalue weighted by Crippen LogP contribution is -1.75. The van der Waals surface area contributed by atoms with Crippen LogP contribution in [-0.4, -0.2) is 4.37 Å². The van der Waals surface area contributed by atoms with Gasteiger partial charge in [-0.3, -0.25) is 0 Å². The van der Waals surface area contributed by atoms with Crippen LogP contribution in [-0.2, 0) is 0 Å². The molecule has 1 rings (SSSR count). The van der Waals surface area contributed by atoms with E-state index in [2.05, 4.69) is 20.3 Å². The average molecular weight is 250 g/mol. The van der Waals surface area contributed by atoms with Gasteiger partial charge >= 0.3 is 0 Å². The van der Waals surface area contributed by atoms with Crippen LogP contribution in [0.3, 0.4) is 0 Å². The van der Waals surface area contributed by atoms with Gasteiger partial charge in [0.1, 0.15) is 5.69 Å². The highest BCUT2D eigenvalue weighted by atomic mass is 79.9. The standard InChI is InChI=1S/C6H2BrClN2S/c7-4-3-11-10-6(4)5(8)1-2-9/h1,3H/b5-1+. The number of hydrogen-bond donors (Lipinski definition) is 0. The van der Waals surface area contributed by atoms with E-state index in [1.165, 1.54) is 17.6 Å². The molecule has 1 heterocycles. The Morgan fingerprint density at radius 3 is 3.09 bits per heavy atom. The largest absolute Gasteiger partial charge is 0.193 e. The molecule has 0 atom stereocenters. The summed E-state index contributed by atoms with van der Waals surface area (Å²) in [4.78, 5) is 0. The number of hydrogen-bond acceptors (Lipinski definition) is 3. The first kappa shape index (κ1) is 8.72. The lowest BCUT2D eigenvalue weighted by molar-refractivity contribution is 1.47. The van der Waals surface area contributed by atoms with Gasteiger partial charge in [-0.15, -0.1) is 0 Å². The molecule has 0 N–H and O–H groups in total. The third-order valence-corrected chi connectivity index (χ3v) is 2.77. The van der Waals surface area contributed by atoms with Gasteiger partial charge in [-0.2, -0.15) is 9.64 Å². The van der Waals surface area contributed by atoms with Crippen LogP contribution in [0.15, 0.2) is 15.9 Å². The van der Waals surface area contributed by atoms with Crippen LogP contribution in [0.5, 0.6) is 0 Å². The van der Waals surface area contributed by atoms with Gasteiger partial charge in [-0.1, -0.05) is 11.6 Å². The van der Waals surface area contributed by atoms with Gasteiger partial charge in [0.15, 0.2) is 0 Å². The fourth-order valence-corrected chi connectivity index (χ4v) is 2.09. The van der Waals surface area contributed by atoms with E-state index in [1.807, 2.05) is 11.4 Å². The number of halogens is 2. The van der Waals surface area contributed by atoms with Crippen LogP contribution in [0.2, 0.25) is 0 Å². The first-order valence-electron chi connectivity index (χ1n) is 2.61. The van der Waals surface area contributed by atoms with Crippen molar-refractivity contribution in [3.05, 3.63) is 21.6 Å². The Morgan fingerprint density at radius 2 is 2.64 bits per heavy atom. The van der Waals surface area contributed by atoms with Gasteiger partial charge in [-0.05, 0) is 27.5 Å². The quantitative estimate of drug-likeness (QED) is 0.718. The summed E-state index contributed by atoms with van der Waals surface area (Å²) in [7, 11) is 0. The number of allylic oxidation sites excluding steroid dienone is 1. The molecule has 1 aromatic heterocycles. The first-order chi connectivity index (χ1) is 5.25. The van der Waals surface area contributed by atoms with Gasteiger partial charge in [-0.25, -0.2) is 0 Å². The number of nitrogens with zero attached hydrogens (tertiary/aromatic N) is 2. The van der Waals surface area contributed by atoms with Gasteiger partial charge in [0.05, 0.1) is 15.6 Å². The summed E-state index contributed by atoms with van der Waals surface area (Å²) < 4.78 is 4.80. The number of nitriles is 1. The third kappa shape index (κ3) is 2.03. The molecule has 0 fully saturated rings. The van der Waals surface area contributed by atoms with E-state index in [0.717, 1.165) is 4.47 Å². The number of aromatic nitrogens is 1. The lowest BCUT2D eigenvalue weighted by atomic mass is 10.4. The second kappa shape index (κ2) is 3.86. The molecule has 56 valence electrons. The summed E-state index contributed by atoms with van der Waals surface area (Å²) in [6, 6.07) is 1.83. The first-order valence-corrected chi connectivity index (χ1v) is 4.62. The zero-order valence-electron chi connectivity index (χ0n) is 5.21. The Bertz CT molecular complexity index is 326. The normalized spacial score (nSPS) is 11.2. The van der Waals surface area contributed by atoms with Crippen molar-refractivity contribution in [3.8, 4) is 6.07 Å². The number of rotatable bonds is 1. The minimum atomic E-state index is 0.362. The molecular formula is C6H2BrClN2S. The molecule has 0 saturated heterocycles. The van der Waals surface area contributed by atoms with Gasteiger partial charge in [0.2, 0.25) is 0 Å². The van der Waals surface area contributed by atoms with Crippen LogP contribution in [0.4, 0.5) is 0 Å². The Morgan fingerprint density at radius 1 is 1.91 bits per heavy atom. The molecule has 2 nitrogen and oxygen atoms in total. The van der Waals surface area contributed by atoms with Crippen molar-refractivity contribution >= 4 is 44.1 Å².